The monoisotopic (exact) mass is 320 g/mol. The van der Waals surface area contributed by atoms with Gasteiger partial charge < -0.3 is 14.6 Å². The SMILES string of the molecule is C=C1C(=O)O[C@H]2[C@H]1[C@H](OCC(C)C)C[C@@]1(C)[C@H](O)CCC(=C)[C@H]21. The molecule has 0 aromatic rings. The molecule has 3 fully saturated rings. The molecule has 23 heavy (non-hydrogen) atoms. The van der Waals surface area contributed by atoms with E-state index in [0.29, 0.717) is 24.5 Å². The standard InChI is InChI=1S/C19H28O4/c1-10(2)9-22-13-8-19(5)14(20)7-6-11(3)16(19)17-15(13)12(4)18(21)23-17/h10,13-17,20H,3-4,6-9H2,1-2,5H3/t13-,14-,15-,16-,17+,19+/m1/s1. The Labute approximate surface area is 138 Å². The molecule has 2 saturated carbocycles. The van der Waals surface area contributed by atoms with Crippen molar-refractivity contribution < 1.29 is 19.4 Å². The highest BCUT2D eigenvalue weighted by Crippen LogP contribution is 2.57. The van der Waals surface area contributed by atoms with Crippen molar-refractivity contribution in [2.75, 3.05) is 6.61 Å². The maximum absolute atomic E-state index is 12.1. The van der Waals surface area contributed by atoms with Gasteiger partial charge in [0.1, 0.15) is 6.10 Å². The summed E-state index contributed by atoms with van der Waals surface area (Å²) in [7, 11) is 0. The summed E-state index contributed by atoms with van der Waals surface area (Å²) in [5.41, 5.74) is 1.24. The summed E-state index contributed by atoms with van der Waals surface area (Å²) in [6, 6.07) is 0. The molecule has 1 N–H and O–H groups in total. The van der Waals surface area contributed by atoms with Crippen LogP contribution < -0.4 is 0 Å². The van der Waals surface area contributed by atoms with E-state index in [0.717, 1.165) is 18.4 Å². The maximum Gasteiger partial charge on any atom is 0.334 e. The maximum atomic E-state index is 12.1. The van der Waals surface area contributed by atoms with Gasteiger partial charge in [0.15, 0.2) is 0 Å². The number of fused-ring (bicyclic) bond motifs is 3. The van der Waals surface area contributed by atoms with Crippen LogP contribution in [0.1, 0.15) is 40.0 Å². The Kier molecular flexibility index (Phi) is 4.18. The quantitative estimate of drug-likeness (QED) is 0.493. The lowest BCUT2D eigenvalue weighted by Crippen LogP contribution is -2.58. The zero-order chi connectivity index (χ0) is 16.9. The Morgan fingerprint density at radius 3 is 2.78 bits per heavy atom. The number of aliphatic hydroxyl groups excluding tert-OH is 1. The summed E-state index contributed by atoms with van der Waals surface area (Å²) in [6.45, 7) is 15.1. The average Bonchev–Trinajstić information content (AvgIpc) is 2.76. The van der Waals surface area contributed by atoms with Crippen molar-refractivity contribution in [3.8, 4) is 0 Å². The van der Waals surface area contributed by atoms with Crippen LogP contribution in [0.4, 0.5) is 0 Å². The third kappa shape index (κ3) is 2.56. The van der Waals surface area contributed by atoms with E-state index in [1.165, 1.54) is 0 Å². The van der Waals surface area contributed by atoms with Crippen LogP contribution in [-0.4, -0.2) is 36.0 Å². The molecule has 4 heteroatoms. The predicted octanol–water partition coefficient (Wildman–Crippen LogP) is 2.86. The number of hydrogen-bond acceptors (Lipinski definition) is 4. The van der Waals surface area contributed by atoms with Crippen molar-refractivity contribution in [3.63, 3.8) is 0 Å². The first-order valence-electron chi connectivity index (χ1n) is 8.62. The van der Waals surface area contributed by atoms with Crippen LogP contribution in [0, 0.1) is 23.2 Å². The van der Waals surface area contributed by atoms with E-state index in [2.05, 4.69) is 33.9 Å². The number of aliphatic hydroxyl groups is 1. The first kappa shape index (κ1) is 16.7. The molecule has 4 nitrogen and oxygen atoms in total. The Morgan fingerprint density at radius 2 is 2.13 bits per heavy atom. The van der Waals surface area contributed by atoms with Crippen LogP contribution in [0.25, 0.3) is 0 Å². The van der Waals surface area contributed by atoms with E-state index in [4.69, 9.17) is 9.47 Å². The molecule has 0 amide bonds. The second-order valence-corrected chi connectivity index (χ2v) is 8.09. The lowest BCUT2D eigenvalue weighted by molar-refractivity contribution is -0.169. The predicted molar refractivity (Wildman–Crippen MR) is 87.7 cm³/mol. The highest BCUT2D eigenvalue weighted by atomic mass is 16.6. The summed E-state index contributed by atoms with van der Waals surface area (Å²) in [5.74, 6) is -0.0495. The molecule has 0 unspecified atom stereocenters. The Hall–Kier alpha value is -1.13. The summed E-state index contributed by atoms with van der Waals surface area (Å²) < 4.78 is 11.8. The van der Waals surface area contributed by atoms with Gasteiger partial charge in [-0.05, 0) is 25.2 Å². The van der Waals surface area contributed by atoms with Gasteiger partial charge in [0.2, 0.25) is 0 Å². The lowest BCUT2D eigenvalue weighted by Gasteiger charge is -2.54. The highest BCUT2D eigenvalue weighted by molar-refractivity contribution is 5.91. The zero-order valence-corrected chi connectivity index (χ0v) is 14.4. The molecule has 3 aliphatic rings. The van der Waals surface area contributed by atoms with Crippen molar-refractivity contribution in [2.24, 2.45) is 23.2 Å². The molecular formula is C19H28O4. The van der Waals surface area contributed by atoms with Crippen molar-refractivity contribution in [2.45, 2.75) is 58.3 Å². The number of esters is 1. The molecule has 2 aliphatic carbocycles. The van der Waals surface area contributed by atoms with Crippen LogP contribution in [0.15, 0.2) is 24.3 Å². The van der Waals surface area contributed by atoms with E-state index in [9.17, 15) is 9.90 Å². The van der Waals surface area contributed by atoms with E-state index in [1.54, 1.807) is 0 Å². The van der Waals surface area contributed by atoms with Gasteiger partial charge in [0.05, 0.1) is 18.1 Å². The highest BCUT2D eigenvalue weighted by Gasteiger charge is 2.61. The fourth-order valence-corrected chi connectivity index (χ4v) is 4.71. The van der Waals surface area contributed by atoms with Crippen LogP contribution in [0.2, 0.25) is 0 Å². The zero-order valence-electron chi connectivity index (χ0n) is 14.4. The molecule has 0 spiro atoms. The number of hydrogen-bond donors (Lipinski definition) is 1. The molecule has 0 bridgehead atoms. The summed E-state index contributed by atoms with van der Waals surface area (Å²) >= 11 is 0. The molecule has 0 radical (unpaired) electrons. The number of carbonyl (C=O) groups excluding carboxylic acids is 1. The fraction of sp³-hybridized carbons (Fsp3) is 0.737. The largest absolute Gasteiger partial charge is 0.458 e. The minimum absolute atomic E-state index is 0.0154. The molecule has 1 aliphatic heterocycles. The van der Waals surface area contributed by atoms with E-state index in [-0.39, 0.29) is 35.4 Å². The summed E-state index contributed by atoms with van der Waals surface area (Å²) in [6.07, 6.45) is 1.36. The first-order chi connectivity index (χ1) is 10.8. The topological polar surface area (TPSA) is 55.8 Å². The van der Waals surface area contributed by atoms with Crippen LogP contribution in [0.5, 0.6) is 0 Å². The van der Waals surface area contributed by atoms with Gasteiger partial charge in [-0.25, -0.2) is 4.79 Å². The van der Waals surface area contributed by atoms with Gasteiger partial charge in [-0.15, -0.1) is 0 Å². The fourth-order valence-electron chi connectivity index (χ4n) is 4.71. The molecular weight excluding hydrogens is 292 g/mol. The Bertz CT molecular complexity index is 537. The minimum Gasteiger partial charge on any atom is -0.458 e. The van der Waals surface area contributed by atoms with Crippen molar-refractivity contribution >= 4 is 5.97 Å². The van der Waals surface area contributed by atoms with Crippen LogP contribution in [0.3, 0.4) is 0 Å². The second kappa shape index (κ2) is 5.75. The van der Waals surface area contributed by atoms with Gasteiger partial charge in [-0.3, -0.25) is 0 Å². The van der Waals surface area contributed by atoms with Gasteiger partial charge in [0, 0.05) is 23.5 Å². The third-order valence-corrected chi connectivity index (χ3v) is 5.93. The van der Waals surface area contributed by atoms with Crippen LogP contribution >= 0.6 is 0 Å². The smallest absolute Gasteiger partial charge is 0.334 e. The van der Waals surface area contributed by atoms with Gasteiger partial charge in [0.25, 0.3) is 0 Å². The van der Waals surface area contributed by atoms with Crippen molar-refractivity contribution in [1.82, 2.24) is 0 Å². The molecule has 6 atom stereocenters. The molecule has 0 aromatic carbocycles. The third-order valence-electron chi connectivity index (χ3n) is 5.93. The minimum atomic E-state index is -0.420. The number of carbonyl (C=O) groups is 1. The van der Waals surface area contributed by atoms with E-state index < -0.39 is 6.10 Å². The number of ether oxygens (including phenoxy) is 2. The molecule has 1 saturated heterocycles. The summed E-state index contributed by atoms with van der Waals surface area (Å²) in [5, 5.41) is 10.7. The van der Waals surface area contributed by atoms with Gasteiger partial charge in [-0.1, -0.05) is 39.5 Å². The molecule has 1 heterocycles. The summed E-state index contributed by atoms with van der Waals surface area (Å²) in [4.78, 5) is 12.1. The molecule has 128 valence electrons. The Balaban J connectivity index is 1.96. The Morgan fingerprint density at radius 1 is 1.43 bits per heavy atom. The second-order valence-electron chi connectivity index (χ2n) is 8.09. The van der Waals surface area contributed by atoms with Crippen molar-refractivity contribution in [3.05, 3.63) is 24.3 Å². The van der Waals surface area contributed by atoms with Crippen molar-refractivity contribution in [1.29, 1.82) is 0 Å². The first-order valence-corrected chi connectivity index (χ1v) is 8.62. The molecule has 0 aromatic heterocycles. The average molecular weight is 320 g/mol. The normalized spacial score (nSPS) is 43.3. The van der Waals surface area contributed by atoms with Gasteiger partial charge in [-0.2, -0.15) is 0 Å². The van der Waals surface area contributed by atoms with Crippen LogP contribution in [-0.2, 0) is 14.3 Å². The lowest BCUT2D eigenvalue weighted by atomic mass is 9.53. The number of rotatable bonds is 3. The van der Waals surface area contributed by atoms with E-state index >= 15 is 0 Å². The van der Waals surface area contributed by atoms with E-state index in [1.807, 2.05) is 0 Å². The molecule has 3 rings (SSSR count). The van der Waals surface area contributed by atoms with Gasteiger partial charge >= 0.3 is 5.97 Å².